The lowest BCUT2D eigenvalue weighted by Gasteiger charge is -2.30. The van der Waals surface area contributed by atoms with Crippen LogP contribution in [-0.2, 0) is 4.74 Å². The summed E-state index contributed by atoms with van der Waals surface area (Å²) < 4.78 is 5.34. The van der Waals surface area contributed by atoms with E-state index < -0.39 is 11.7 Å². The zero-order chi connectivity index (χ0) is 16.9. The van der Waals surface area contributed by atoms with Crippen LogP contribution in [0.5, 0.6) is 0 Å². The molecule has 4 nitrogen and oxygen atoms in total. The fraction of sp³-hybridized carbons (Fsp3) is 0.632. The Bertz CT molecular complexity index is 514. The van der Waals surface area contributed by atoms with Crippen molar-refractivity contribution in [2.45, 2.75) is 71.4 Å². The van der Waals surface area contributed by atoms with Crippen molar-refractivity contribution in [2.75, 3.05) is 10.6 Å². The van der Waals surface area contributed by atoms with Gasteiger partial charge in [0.1, 0.15) is 5.60 Å². The molecule has 4 heteroatoms. The number of anilines is 2. The van der Waals surface area contributed by atoms with Crippen molar-refractivity contribution in [2.24, 2.45) is 5.92 Å². The smallest absolute Gasteiger partial charge is 0.412 e. The molecule has 2 rings (SSSR count). The van der Waals surface area contributed by atoms with Crippen LogP contribution in [0.1, 0.15) is 59.8 Å². The largest absolute Gasteiger partial charge is 0.444 e. The zero-order valence-corrected chi connectivity index (χ0v) is 14.8. The van der Waals surface area contributed by atoms with Gasteiger partial charge in [-0.1, -0.05) is 25.5 Å². The van der Waals surface area contributed by atoms with Crippen molar-refractivity contribution in [1.82, 2.24) is 0 Å². The lowest BCUT2D eigenvalue weighted by Crippen LogP contribution is -2.29. The molecule has 1 aliphatic rings. The lowest BCUT2D eigenvalue weighted by molar-refractivity contribution is 0.0636. The van der Waals surface area contributed by atoms with Gasteiger partial charge >= 0.3 is 6.09 Å². The number of hydrogen-bond acceptors (Lipinski definition) is 3. The maximum Gasteiger partial charge on any atom is 0.412 e. The van der Waals surface area contributed by atoms with E-state index in [1.54, 1.807) is 0 Å². The Kier molecular flexibility index (Phi) is 5.91. The zero-order valence-electron chi connectivity index (χ0n) is 14.8. The summed E-state index contributed by atoms with van der Waals surface area (Å²) in [6, 6.07) is 8.31. The van der Waals surface area contributed by atoms with Gasteiger partial charge in [-0.25, -0.2) is 4.79 Å². The van der Waals surface area contributed by atoms with Crippen LogP contribution in [0, 0.1) is 5.92 Å². The molecule has 0 atom stereocenters. The number of rotatable bonds is 4. The Labute approximate surface area is 140 Å². The number of benzene rings is 1. The second-order valence-corrected chi connectivity index (χ2v) is 7.44. The third-order valence-electron chi connectivity index (χ3n) is 4.35. The van der Waals surface area contributed by atoms with Gasteiger partial charge in [0.25, 0.3) is 0 Å². The summed E-state index contributed by atoms with van der Waals surface area (Å²) >= 11 is 0. The van der Waals surface area contributed by atoms with Crippen molar-refractivity contribution >= 4 is 17.5 Å². The molecule has 2 N–H and O–H groups in total. The van der Waals surface area contributed by atoms with Gasteiger partial charge in [-0.05, 0) is 64.5 Å². The first kappa shape index (κ1) is 17.6. The molecule has 1 aromatic rings. The highest BCUT2D eigenvalue weighted by atomic mass is 16.6. The molecule has 1 saturated carbocycles. The molecule has 0 spiro atoms. The number of hydrogen-bond donors (Lipinski definition) is 2. The fourth-order valence-electron chi connectivity index (χ4n) is 3.07. The van der Waals surface area contributed by atoms with Crippen LogP contribution in [0.2, 0.25) is 0 Å². The highest BCUT2D eigenvalue weighted by Gasteiger charge is 2.21. The van der Waals surface area contributed by atoms with E-state index in [-0.39, 0.29) is 0 Å². The Morgan fingerprint density at radius 3 is 2.30 bits per heavy atom. The average Bonchev–Trinajstić information content (AvgIpc) is 2.48. The van der Waals surface area contributed by atoms with E-state index in [2.05, 4.69) is 17.6 Å². The first-order valence-electron chi connectivity index (χ1n) is 8.73. The van der Waals surface area contributed by atoms with Gasteiger partial charge < -0.3 is 10.1 Å². The SMILES string of the molecule is CCC1CCC(Nc2ccccc2NC(=O)OC(C)(C)C)CC1. The quantitative estimate of drug-likeness (QED) is 0.780. The van der Waals surface area contributed by atoms with Crippen LogP contribution in [0.3, 0.4) is 0 Å². The predicted molar refractivity (Wildman–Crippen MR) is 96.0 cm³/mol. The van der Waals surface area contributed by atoms with Crippen LogP contribution in [0.15, 0.2) is 24.3 Å². The van der Waals surface area contributed by atoms with Crippen LogP contribution in [-0.4, -0.2) is 17.7 Å². The fourth-order valence-corrected chi connectivity index (χ4v) is 3.07. The Balaban J connectivity index is 1.96. The van der Waals surface area contributed by atoms with Crippen molar-refractivity contribution in [3.8, 4) is 0 Å². The number of amides is 1. The molecule has 0 bridgehead atoms. The molecule has 1 aromatic carbocycles. The van der Waals surface area contributed by atoms with Gasteiger partial charge in [-0.2, -0.15) is 0 Å². The van der Waals surface area contributed by atoms with E-state index in [0.717, 1.165) is 17.3 Å². The van der Waals surface area contributed by atoms with Gasteiger partial charge in [0, 0.05) is 6.04 Å². The summed E-state index contributed by atoms with van der Waals surface area (Å²) in [4.78, 5) is 12.0. The average molecular weight is 318 g/mol. The minimum atomic E-state index is -0.495. The summed E-state index contributed by atoms with van der Waals surface area (Å²) in [5, 5.41) is 6.44. The summed E-state index contributed by atoms with van der Waals surface area (Å²) in [7, 11) is 0. The van der Waals surface area contributed by atoms with E-state index >= 15 is 0 Å². The minimum Gasteiger partial charge on any atom is -0.444 e. The third-order valence-corrected chi connectivity index (χ3v) is 4.35. The number of ether oxygens (including phenoxy) is 1. The number of para-hydroxylation sites is 2. The lowest BCUT2D eigenvalue weighted by atomic mass is 9.84. The molecule has 0 aromatic heterocycles. The molecule has 0 saturated heterocycles. The summed E-state index contributed by atoms with van der Waals surface area (Å²) in [5.41, 5.74) is 1.25. The molecular weight excluding hydrogens is 288 g/mol. The van der Waals surface area contributed by atoms with E-state index in [1.165, 1.54) is 32.1 Å². The van der Waals surface area contributed by atoms with Gasteiger partial charge in [0.15, 0.2) is 0 Å². The molecule has 1 fully saturated rings. The second-order valence-electron chi connectivity index (χ2n) is 7.44. The van der Waals surface area contributed by atoms with Crippen molar-refractivity contribution < 1.29 is 9.53 Å². The predicted octanol–water partition coefficient (Wildman–Crippen LogP) is 5.41. The number of carbonyl (C=O) groups is 1. The first-order valence-corrected chi connectivity index (χ1v) is 8.73. The number of carbonyl (C=O) groups excluding carboxylic acids is 1. The topological polar surface area (TPSA) is 50.4 Å². The van der Waals surface area contributed by atoms with Crippen LogP contribution < -0.4 is 10.6 Å². The standard InChI is InChI=1S/C19H30N2O2/c1-5-14-10-12-15(13-11-14)20-16-8-6-7-9-17(16)21-18(22)23-19(2,3)4/h6-9,14-15,20H,5,10-13H2,1-4H3,(H,21,22). The van der Waals surface area contributed by atoms with Crippen LogP contribution in [0.4, 0.5) is 16.2 Å². The van der Waals surface area contributed by atoms with E-state index in [9.17, 15) is 4.79 Å². The van der Waals surface area contributed by atoms with Gasteiger partial charge in [-0.3, -0.25) is 5.32 Å². The molecule has 0 aliphatic heterocycles. The van der Waals surface area contributed by atoms with E-state index in [1.807, 2.05) is 45.0 Å². The first-order chi connectivity index (χ1) is 10.9. The van der Waals surface area contributed by atoms with Crippen molar-refractivity contribution in [3.63, 3.8) is 0 Å². The van der Waals surface area contributed by atoms with Gasteiger partial charge in [0.05, 0.1) is 11.4 Å². The molecule has 0 unspecified atom stereocenters. The molecule has 1 aliphatic carbocycles. The Hall–Kier alpha value is -1.71. The third kappa shape index (κ3) is 5.77. The van der Waals surface area contributed by atoms with Gasteiger partial charge in [0.2, 0.25) is 0 Å². The molecular formula is C19H30N2O2. The Morgan fingerprint density at radius 2 is 1.74 bits per heavy atom. The van der Waals surface area contributed by atoms with E-state index in [4.69, 9.17) is 4.74 Å². The highest BCUT2D eigenvalue weighted by molar-refractivity contribution is 5.89. The van der Waals surface area contributed by atoms with Crippen molar-refractivity contribution in [3.05, 3.63) is 24.3 Å². The molecule has 0 radical (unpaired) electrons. The highest BCUT2D eigenvalue weighted by Crippen LogP contribution is 2.30. The summed E-state index contributed by atoms with van der Waals surface area (Å²) in [6.07, 6.45) is 5.83. The minimum absolute atomic E-state index is 0.415. The summed E-state index contributed by atoms with van der Waals surface area (Å²) in [5.74, 6) is 0.878. The van der Waals surface area contributed by atoms with Crippen LogP contribution in [0.25, 0.3) is 0 Å². The molecule has 23 heavy (non-hydrogen) atoms. The molecule has 128 valence electrons. The monoisotopic (exact) mass is 318 g/mol. The number of nitrogens with one attached hydrogen (secondary N) is 2. The van der Waals surface area contributed by atoms with E-state index in [0.29, 0.717) is 6.04 Å². The summed E-state index contributed by atoms with van der Waals surface area (Å²) in [6.45, 7) is 7.87. The molecule has 1 amide bonds. The van der Waals surface area contributed by atoms with Gasteiger partial charge in [-0.15, -0.1) is 0 Å². The maximum absolute atomic E-state index is 12.0. The Morgan fingerprint density at radius 1 is 1.13 bits per heavy atom. The molecule has 0 heterocycles. The van der Waals surface area contributed by atoms with Crippen LogP contribution >= 0.6 is 0 Å². The maximum atomic E-state index is 12.0. The van der Waals surface area contributed by atoms with Crippen molar-refractivity contribution in [1.29, 1.82) is 0 Å². The normalized spacial score (nSPS) is 21.6. The second kappa shape index (κ2) is 7.71.